The maximum Gasteiger partial charge on any atom is 0.332 e. The number of aromatic nitrogens is 5. The first-order chi connectivity index (χ1) is 14.8. The van der Waals surface area contributed by atoms with Crippen LogP contribution < -0.4 is 16.6 Å². The molecule has 0 aliphatic heterocycles. The maximum atomic E-state index is 12.9. The molecule has 9 nitrogen and oxygen atoms in total. The van der Waals surface area contributed by atoms with Crippen LogP contribution in [0.15, 0.2) is 39.0 Å². The van der Waals surface area contributed by atoms with E-state index in [4.69, 9.17) is 0 Å². The zero-order valence-electron chi connectivity index (χ0n) is 18.1. The van der Waals surface area contributed by atoms with Crippen LogP contribution in [0.1, 0.15) is 44.6 Å². The lowest BCUT2D eigenvalue weighted by Gasteiger charge is -2.15. The summed E-state index contributed by atoms with van der Waals surface area (Å²) in [5.74, 6) is 0.400. The number of nitrogens with zero attached hydrogens (tertiary/aromatic N) is 5. The number of hydrogen-bond acceptors (Lipinski definition) is 7. The summed E-state index contributed by atoms with van der Waals surface area (Å²) in [6.45, 7) is 6.60. The molecule has 0 radical (unpaired) electrons. The summed E-state index contributed by atoms with van der Waals surface area (Å²) < 4.78 is 2.58. The molecule has 3 heterocycles. The van der Waals surface area contributed by atoms with Gasteiger partial charge in [0, 0.05) is 25.7 Å². The number of hydrogen-bond donors (Lipinski definition) is 1. The van der Waals surface area contributed by atoms with Gasteiger partial charge in [-0.2, -0.15) is 0 Å². The summed E-state index contributed by atoms with van der Waals surface area (Å²) in [4.78, 5) is 51.2. The number of carbonyl (C=O) groups excluding carboxylic acids is 1. The molecule has 1 N–H and O–H groups in total. The predicted octanol–water partition coefficient (Wildman–Crippen LogP) is 1.83. The van der Waals surface area contributed by atoms with Crippen molar-refractivity contribution in [3.8, 4) is 0 Å². The van der Waals surface area contributed by atoms with E-state index in [0.29, 0.717) is 36.0 Å². The average molecular weight is 443 g/mol. The van der Waals surface area contributed by atoms with Crippen molar-refractivity contribution in [3.63, 3.8) is 0 Å². The molecule has 10 heteroatoms. The van der Waals surface area contributed by atoms with Crippen LogP contribution in [0.2, 0.25) is 0 Å². The van der Waals surface area contributed by atoms with E-state index in [-0.39, 0.29) is 23.0 Å². The van der Waals surface area contributed by atoms with Gasteiger partial charge in [0.25, 0.3) is 5.56 Å². The van der Waals surface area contributed by atoms with Gasteiger partial charge in [-0.1, -0.05) is 38.6 Å². The van der Waals surface area contributed by atoms with Crippen molar-refractivity contribution in [1.29, 1.82) is 0 Å². The lowest BCUT2D eigenvalue weighted by molar-refractivity contribution is -0.118. The third kappa shape index (κ3) is 5.01. The molecule has 31 heavy (non-hydrogen) atoms. The summed E-state index contributed by atoms with van der Waals surface area (Å²) in [6.07, 6.45) is 2.38. The van der Waals surface area contributed by atoms with E-state index < -0.39 is 11.2 Å². The van der Waals surface area contributed by atoms with E-state index in [9.17, 15) is 14.4 Å². The highest BCUT2D eigenvalue weighted by Crippen LogP contribution is 2.24. The Kier molecular flexibility index (Phi) is 7.21. The minimum atomic E-state index is -0.459. The second kappa shape index (κ2) is 9.86. The number of rotatable bonds is 8. The second-order valence-electron chi connectivity index (χ2n) is 7.43. The molecule has 3 rings (SSSR count). The molecular formula is C21H26N6O3S. The lowest BCUT2D eigenvalue weighted by Crippen LogP contribution is -2.39. The second-order valence-corrected chi connectivity index (χ2v) is 8.39. The summed E-state index contributed by atoms with van der Waals surface area (Å²) in [5, 5.41) is 3.49. The molecule has 0 bridgehead atoms. The Hall–Kier alpha value is -3.01. The highest BCUT2D eigenvalue weighted by atomic mass is 32.2. The van der Waals surface area contributed by atoms with Crippen LogP contribution in [0.3, 0.4) is 0 Å². The number of aryl methyl sites for hydroxylation is 1. The van der Waals surface area contributed by atoms with Crippen LogP contribution in [0.5, 0.6) is 0 Å². The molecule has 3 aromatic rings. The highest BCUT2D eigenvalue weighted by Gasteiger charge is 2.20. The molecule has 0 fully saturated rings. The van der Waals surface area contributed by atoms with Gasteiger partial charge < -0.3 is 5.32 Å². The van der Waals surface area contributed by atoms with Crippen molar-refractivity contribution >= 4 is 28.7 Å². The zero-order chi connectivity index (χ0) is 22.5. The van der Waals surface area contributed by atoms with Crippen molar-refractivity contribution in [1.82, 2.24) is 29.4 Å². The molecule has 0 aliphatic carbocycles. The van der Waals surface area contributed by atoms with Gasteiger partial charge >= 0.3 is 5.69 Å². The molecular weight excluding hydrogens is 416 g/mol. The van der Waals surface area contributed by atoms with Crippen LogP contribution in [-0.4, -0.2) is 35.7 Å². The Bertz CT molecular complexity index is 1200. The topological polar surface area (TPSA) is 112 Å². The molecule has 0 atom stereocenters. The predicted molar refractivity (Wildman–Crippen MR) is 120 cm³/mol. The van der Waals surface area contributed by atoms with Crippen molar-refractivity contribution in [2.45, 2.75) is 51.2 Å². The van der Waals surface area contributed by atoms with Crippen LogP contribution >= 0.6 is 11.8 Å². The number of thioether (sulfide) groups is 1. The Morgan fingerprint density at radius 2 is 2.00 bits per heavy atom. The summed E-state index contributed by atoms with van der Waals surface area (Å²) in [7, 11) is 1.45. The summed E-state index contributed by atoms with van der Waals surface area (Å²) in [5.41, 5.74) is 0.216. The molecule has 164 valence electrons. The maximum absolute atomic E-state index is 12.9. The van der Waals surface area contributed by atoms with Gasteiger partial charge in [-0.3, -0.25) is 23.7 Å². The van der Waals surface area contributed by atoms with Gasteiger partial charge in [0.2, 0.25) is 5.91 Å². The van der Waals surface area contributed by atoms with E-state index in [1.807, 2.05) is 39.0 Å². The monoisotopic (exact) mass is 442 g/mol. The molecule has 0 unspecified atom stereocenters. The summed E-state index contributed by atoms with van der Waals surface area (Å²) >= 11 is 1.17. The Morgan fingerprint density at radius 1 is 1.23 bits per heavy atom. The first-order valence-electron chi connectivity index (χ1n) is 10.1. The molecule has 1 amide bonds. The Balaban J connectivity index is 1.96. The van der Waals surface area contributed by atoms with Crippen molar-refractivity contribution in [2.24, 2.45) is 7.05 Å². The largest absolute Gasteiger partial charge is 0.350 e. The highest BCUT2D eigenvalue weighted by molar-refractivity contribution is 8.00. The molecule has 0 aliphatic rings. The van der Waals surface area contributed by atoms with E-state index in [2.05, 4.69) is 20.3 Å². The average Bonchev–Trinajstić information content (AvgIpc) is 2.77. The SMILES string of the molecule is CCCn1c(=O)n(C)c(=O)c2c(SCC(=O)NCc3ccccn3)nc(C(C)C)nc21. The third-order valence-electron chi connectivity index (χ3n) is 4.66. The van der Waals surface area contributed by atoms with Gasteiger partial charge in [-0.15, -0.1) is 0 Å². The van der Waals surface area contributed by atoms with Crippen molar-refractivity contribution in [3.05, 3.63) is 56.8 Å². The van der Waals surface area contributed by atoms with Crippen LogP contribution in [-0.2, 0) is 24.9 Å². The summed E-state index contributed by atoms with van der Waals surface area (Å²) in [6, 6.07) is 5.50. The fourth-order valence-electron chi connectivity index (χ4n) is 3.02. The normalized spacial score (nSPS) is 11.3. The van der Waals surface area contributed by atoms with Gasteiger partial charge in [-0.25, -0.2) is 14.8 Å². The smallest absolute Gasteiger partial charge is 0.332 e. The van der Waals surface area contributed by atoms with Crippen LogP contribution in [0.4, 0.5) is 0 Å². The lowest BCUT2D eigenvalue weighted by atomic mass is 10.2. The molecule has 0 saturated heterocycles. The number of carbonyl (C=O) groups is 1. The van der Waals surface area contributed by atoms with E-state index >= 15 is 0 Å². The molecule has 3 aromatic heterocycles. The van der Waals surface area contributed by atoms with E-state index in [1.54, 1.807) is 6.20 Å². The number of fused-ring (bicyclic) bond motifs is 1. The fourth-order valence-corrected chi connectivity index (χ4v) is 3.87. The first-order valence-corrected chi connectivity index (χ1v) is 11.1. The zero-order valence-corrected chi connectivity index (χ0v) is 18.9. The number of amides is 1. The van der Waals surface area contributed by atoms with Gasteiger partial charge in [0.15, 0.2) is 5.65 Å². The van der Waals surface area contributed by atoms with Crippen molar-refractivity contribution < 1.29 is 4.79 Å². The van der Waals surface area contributed by atoms with Crippen LogP contribution in [0, 0.1) is 0 Å². The molecule has 0 aromatic carbocycles. The molecule has 0 spiro atoms. The van der Waals surface area contributed by atoms with Crippen molar-refractivity contribution in [2.75, 3.05) is 5.75 Å². The third-order valence-corrected chi connectivity index (χ3v) is 5.64. The minimum absolute atomic E-state index is 0.00373. The van der Waals surface area contributed by atoms with E-state index in [0.717, 1.165) is 10.3 Å². The Labute approximate surface area is 183 Å². The first kappa shape index (κ1) is 22.7. The standard InChI is InChI=1S/C21H26N6O3S/c1-5-10-27-18-16(20(29)26(4)21(27)30)19(25-17(24-18)13(2)3)31-12-15(28)23-11-14-8-6-7-9-22-14/h6-9,13H,5,10-12H2,1-4H3,(H,23,28). The number of pyridine rings is 1. The quantitative estimate of drug-likeness (QED) is 0.418. The van der Waals surface area contributed by atoms with E-state index in [1.165, 1.54) is 23.4 Å². The van der Waals surface area contributed by atoms with Gasteiger partial charge in [0.1, 0.15) is 16.2 Å². The molecule has 0 saturated carbocycles. The van der Waals surface area contributed by atoms with Gasteiger partial charge in [0.05, 0.1) is 18.0 Å². The van der Waals surface area contributed by atoms with Crippen LogP contribution in [0.25, 0.3) is 11.0 Å². The minimum Gasteiger partial charge on any atom is -0.350 e. The van der Waals surface area contributed by atoms with Gasteiger partial charge in [-0.05, 0) is 18.6 Å². The fraction of sp³-hybridized carbons (Fsp3) is 0.429. The Morgan fingerprint density at radius 3 is 2.65 bits per heavy atom. The number of nitrogens with one attached hydrogen (secondary N) is 1.